The van der Waals surface area contributed by atoms with E-state index in [4.69, 9.17) is 0 Å². The highest BCUT2D eigenvalue weighted by Crippen LogP contribution is 2.39. The summed E-state index contributed by atoms with van der Waals surface area (Å²) in [4.78, 5) is 8.58. The summed E-state index contributed by atoms with van der Waals surface area (Å²) in [5.74, 6) is 1.63. The van der Waals surface area contributed by atoms with Crippen LogP contribution in [0.25, 0.3) is 0 Å². The van der Waals surface area contributed by atoms with Crippen LogP contribution in [-0.2, 0) is 6.42 Å². The quantitative estimate of drug-likeness (QED) is 0.871. The normalized spacial score (nSPS) is 14.4. The van der Waals surface area contributed by atoms with Crippen LogP contribution in [-0.4, -0.2) is 16.5 Å². The third-order valence-corrected chi connectivity index (χ3v) is 3.25. The Kier molecular flexibility index (Phi) is 3.22. The van der Waals surface area contributed by atoms with Gasteiger partial charge in [-0.25, -0.2) is 9.97 Å². The first-order chi connectivity index (χ1) is 8.92. The van der Waals surface area contributed by atoms with Gasteiger partial charge >= 0.3 is 0 Å². The van der Waals surface area contributed by atoms with Crippen molar-refractivity contribution < 1.29 is 0 Å². The first kappa shape index (κ1) is 11.2. The molecule has 1 heterocycles. The molecule has 1 saturated carbocycles. The van der Waals surface area contributed by atoms with Gasteiger partial charge in [-0.2, -0.15) is 0 Å². The lowest BCUT2D eigenvalue weighted by molar-refractivity contribution is 0.961. The molecule has 0 bridgehead atoms. The average Bonchev–Trinajstić information content (AvgIpc) is 3.25. The number of nitrogens with zero attached hydrogens (tertiary/aromatic N) is 2. The molecule has 1 fully saturated rings. The van der Waals surface area contributed by atoms with E-state index in [1.165, 1.54) is 24.1 Å². The van der Waals surface area contributed by atoms with Gasteiger partial charge in [-0.15, -0.1) is 0 Å². The van der Waals surface area contributed by atoms with Crippen molar-refractivity contribution in [2.45, 2.75) is 25.2 Å². The van der Waals surface area contributed by atoms with Gasteiger partial charge in [0.1, 0.15) is 12.1 Å². The number of anilines is 1. The van der Waals surface area contributed by atoms with E-state index in [1.54, 1.807) is 6.33 Å². The molecule has 0 atom stereocenters. The summed E-state index contributed by atoms with van der Waals surface area (Å²) in [6, 6.07) is 12.6. The van der Waals surface area contributed by atoms with Crippen LogP contribution >= 0.6 is 0 Å². The number of benzene rings is 1. The number of nitrogens with one attached hydrogen (secondary N) is 1. The Labute approximate surface area is 107 Å². The summed E-state index contributed by atoms with van der Waals surface area (Å²) in [5.41, 5.74) is 2.54. The molecule has 3 nitrogen and oxygen atoms in total. The Morgan fingerprint density at radius 2 is 1.94 bits per heavy atom. The predicted octanol–water partition coefficient (Wildman–Crippen LogP) is 3.01. The fourth-order valence-corrected chi connectivity index (χ4v) is 2.05. The van der Waals surface area contributed by atoms with Crippen LogP contribution in [0.3, 0.4) is 0 Å². The molecule has 3 heteroatoms. The Balaban J connectivity index is 1.55. The van der Waals surface area contributed by atoms with E-state index in [1.807, 2.05) is 6.07 Å². The standard InChI is InChI=1S/C15H17N3/c1-2-4-12(5-3-1)8-9-16-15-10-14(13-6-7-13)17-11-18-15/h1-5,10-11,13H,6-9H2,(H,16,17,18). The van der Waals surface area contributed by atoms with E-state index in [-0.39, 0.29) is 0 Å². The zero-order valence-corrected chi connectivity index (χ0v) is 10.3. The first-order valence-electron chi connectivity index (χ1n) is 6.51. The van der Waals surface area contributed by atoms with Gasteiger partial charge in [-0.3, -0.25) is 0 Å². The molecule has 92 valence electrons. The Morgan fingerprint density at radius 1 is 1.11 bits per heavy atom. The zero-order chi connectivity index (χ0) is 12.2. The molecule has 0 radical (unpaired) electrons. The summed E-state index contributed by atoms with van der Waals surface area (Å²) in [6.07, 6.45) is 5.24. The lowest BCUT2D eigenvalue weighted by atomic mass is 10.1. The fraction of sp³-hybridized carbons (Fsp3) is 0.333. The second-order valence-corrected chi connectivity index (χ2v) is 4.76. The maximum atomic E-state index is 4.32. The fourth-order valence-electron chi connectivity index (χ4n) is 2.05. The van der Waals surface area contributed by atoms with E-state index < -0.39 is 0 Å². The second-order valence-electron chi connectivity index (χ2n) is 4.76. The summed E-state index contributed by atoms with van der Waals surface area (Å²) >= 11 is 0. The van der Waals surface area contributed by atoms with Crippen LogP contribution < -0.4 is 5.32 Å². The second kappa shape index (κ2) is 5.17. The Morgan fingerprint density at radius 3 is 2.72 bits per heavy atom. The molecular formula is C15H17N3. The van der Waals surface area contributed by atoms with Crippen LogP contribution in [0.15, 0.2) is 42.7 Å². The van der Waals surface area contributed by atoms with Gasteiger partial charge in [-0.05, 0) is 24.8 Å². The Hall–Kier alpha value is -1.90. The number of hydrogen-bond acceptors (Lipinski definition) is 3. The summed E-state index contributed by atoms with van der Waals surface area (Å²) in [7, 11) is 0. The molecule has 1 aromatic carbocycles. The molecule has 3 rings (SSSR count). The van der Waals surface area contributed by atoms with Crippen LogP contribution in [0, 0.1) is 0 Å². The largest absolute Gasteiger partial charge is 0.370 e. The van der Waals surface area contributed by atoms with Gasteiger partial charge in [0, 0.05) is 24.2 Å². The van der Waals surface area contributed by atoms with E-state index >= 15 is 0 Å². The lowest BCUT2D eigenvalue weighted by Gasteiger charge is -2.06. The monoisotopic (exact) mass is 239 g/mol. The molecule has 0 spiro atoms. The van der Waals surface area contributed by atoms with Gasteiger partial charge in [0.05, 0.1) is 0 Å². The molecule has 1 aliphatic rings. The van der Waals surface area contributed by atoms with Crippen molar-refractivity contribution in [1.29, 1.82) is 0 Å². The first-order valence-corrected chi connectivity index (χ1v) is 6.51. The number of rotatable bonds is 5. The van der Waals surface area contributed by atoms with Crippen LogP contribution in [0.4, 0.5) is 5.82 Å². The summed E-state index contributed by atoms with van der Waals surface area (Å²) < 4.78 is 0. The SMILES string of the molecule is c1ccc(CCNc2cc(C3CC3)ncn2)cc1. The highest BCUT2D eigenvalue weighted by Gasteiger charge is 2.25. The maximum absolute atomic E-state index is 4.32. The molecule has 1 aromatic heterocycles. The zero-order valence-electron chi connectivity index (χ0n) is 10.3. The number of hydrogen-bond donors (Lipinski definition) is 1. The third-order valence-electron chi connectivity index (χ3n) is 3.25. The van der Waals surface area contributed by atoms with Crippen molar-refractivity contribution in [1.82, 2.24) is 9.97 Å². The minimum Gasteiger partial charge on any atom is -0.370 e. The number of aromatic nitrogens is 2. The maximum Gasteiger partial charge on any atom is 0.129 e. The van der Waals surface area contributed by atoms with E-state index in [0.717, 1.165) is 18.8 Å². The van der Waals surface area contributed by atoms with Crippen molar-refractivity contribution in [3.05, 3.63) is 54.0 Å². The van der Waals surface area contributed by atoms with Crippen LogP contribution in [0.5, 0.6) is 0 Å². The van der Waals surface area contributed by atoms with Crippen molar-refractivity contribution in [2.24, 2.45) is 0 Å². The minimum absolute atomic E-state index is 0.683. The molecule has 1 aliphatic carbocycles. The summed E-state index contributed by atoms with van der Waals surface area (Å²) in [6.45, 7) is 0.908. The molecule has 2 aromatic rings. The van der Waals surface area contributed by atoms with Crippen LogP contribution in [0.1, 0.15) is 30.0 Å². The molecule has 1 N–H and O–H groups in total. The predicted molar refractivity (Wildman–Crippen MR) is 72.6 cm³/mol. The molecular weight excluding hydrogens is 222 g/mol. The molecule has 0 aliphatic heterocycles. The van der Waals surface area contributed by atoms with E-state index in [0.29, 0.717) is 5.92 Å². The highest BCUT2D eigenvalue weighted by molar-refractivity contribution is 5.37. The highest BCUT2D eigenvalue weighted by atomic mass is 15.0. The average molecular weight is 239 g/mol. The van der Waals surface area contributed by atoms with Gasteiger partial charge < -0.3 is 5.32 Å². The molecule has 0 amide bonds. The lowest BCUT2D eigenvalue weighted by Crippen LogP contribution is -2.07. The minimum atomic E-state index is 0.683. The van der Waals surface area contributed by atoms with Crippen molar-refractivity contribution in [3.8, 4) is 0 Å². The van der Waals surface area contributed by atoms with Crippen molar-refractivity contribution >= 4 is 5.82 Å². The molecule has 0 saturated heterocycles. The topological polar surface area (TPSA) is 37.8 Å². The van der Waals surface area contributed by atoms with Gasteiger partial charge in [0.2, 0.25) is 0 Å². The van der Waals surface area contributed by atoms with Crippen LogP contribution in [0.2, 0.25) is 0 Å². The van der Waals surface area contributed by atoms with Crippen molar-refractivity contribution in [2.75, 3.05) is 11.9 Å². The molecule has 18 heavy (non-hydrogen) atoms. The van der Waals surface area contributed by atoms with E-state index in [9.17, 15) is 0 Å². The third kappa shape index (κ3) is 2.86. The molecule has 0 unspecified atom stereocenters. The van der Waals surface area contributed by atoms with Gasteiger partial charge in [0.15, 0.2) is 0 Å². The van der Waals surface area contributed by atoms with E-state index in [2.05, 4.69) is 45.6 Å². The van der Waals surface area contributed by atoms with Gasteiger partial charge in [-0.1, -0.05) is 30.3 Å². The van der Waals surface area contributed by atoms with Gasteiger partial charge in [0.25, 0.3) is 0 Å². The Bertz CT molecular complexity index is 506. The van der Waals surface area contributed by atoms with Crippen molar-refractivity contribution in [3.63, 3.8) is 0 Å². The summed E-state index contributed by atoms with van der Waals surface area (Å²) in [5, 5.41) is 3.37. The smallest absolute Gasteiger partial charge is 0.129 e.